The second-order valence-electron chi connectivity index (χ2n) is 3.64. The number of hydrogen-bond acceptors (Lipinski definition) is 3. The third-order valence-corrected chi connectivity index (χ3v) is 2.72. The minimum atomic E-state index is -0.378. The maximum Gasteiger partial charge on any atom is 0.253 e. The molecule has 0 aliphatic carbocycles. The minimum Gasteiger partial charge on any atom is -0.351 e. The summed E-state index contributed by atoms with van der Waals surface area (Å²) in [4.78, 5) is 11.9. The van der Waals surface area contributed by atoms with Crippen molar-refractivity contribution in [3.8, 4) is 0 Å². The third kappa shape index (κ3) is 4.26. The van der Waals surface area contributed by atoms with E-state index in [1.807, 2.05) is 13.8 Å². The number of rotatable bonds is 6. The first-order valence-corrected chi connectivity index (χ1v) is 6.47. The Bertz CT molecular complexity index is 411. The van der Waals surface area contributed by atoms with Crippen LogP contribution in [0.2, 0.25) is 0 Å². The topological polar surface area (TPSA) is 40.5 Å². The van der Waals surface area contributed by atoms with Crippen LogP contribution in [0.25, 0.3) is 0 Å². The molecule has 0 aromatic carbocycles. The molecule has 1 heterocycles. The van der Waals surface area contributed by atoms with E-state index in [4.69, 9.17) is 9.47 Å². The van der Waals surface area contributed by atoms with Crippen molar-refractivity contribution in [3.63, 3.8) is 0 Å². The van der Waals surface area contributed by atoms with Crippen LogP contribution in [0.4, 0.5) is 0 Å². The quantitative estimate of drug-likeness (QED) is 0.757. The van der Waals surface area contributed by atoms with E-state index in [-0.39, 0.29) is 11.8 Å². The molecular formula is C12H18BrNO3. The van der Waals surface area contributed by atoms with Gasteiger partial charge in [0.1, 0.15) is 0 Å². The van der Waals surface area contributed by atoms with Crippen LogP contribution in [0.1, 0.15) is 19.4 Å². The molecule has 0 bridgehead atoms. The fourth-order valence-corrected chi connectivity index (χ4v) is 2.15. The normalized spacial score (nSPS) is 11.1. The van der Waals surface area contributed by atoms with E-state index in [1.165, 1.54) is 0 Å². The summed E-state index contributed by atoms with van der Waals surface area (Å²) in [5.41, 5.74) is 0.684. The van der Waals surface area contributed by atoms with Crippen molar-refractivity contribution in [3.05, 3.63) is 32.7 Å². The lowest BCUT2D eigenvalue weighted by atomic mass is 10.3. The van der Waals surface area contributed by atoms with Crippen molar-refractivity contribution < 1.29 is 9.47 Å². The molecule has 0 unspecified atom stereocenters. The predicted molar refractivity (Wildman–Crippen MR) is 70.2 cm³/mol. The second kappa shape index (κ2) is 6.93. The van der Waals surface area contributed by atoms with Gasteiger partial charge in [0.05, 0.1) is 6.54 Å². The average molecular weight is 304 g/mol. The van der Waals surface area contributed by atoms with Gasteiger partial charge in [-0.25, -0.2) is 0 Å². The van der Waals surface area contributed by atoms with Gasteiger partial charge in [0.15, 0.2) is 6.29 Å². The zero-order valence-corrected chi connectivity index (χ0v) is 12.0. The number of ether oxygens (including phenoxy) is 2. The summed E-state index contributed by atoms with van der Waals surface area (Å²) in [6, 6.07) is 1.80. The average Bonchev–Trinajstić information content (AvgIpc) is 2.26. The van der Waals surface area contributed by atoms with Gasteiger partial charge in [-0.3, -0.25) is 4.79 Å². The van der Waals surface area contributed by atoms with Gasteiger partial charge >= 0.3 is 0 Å². The minimum absolute atomic E-state index is 0.0161. The van der Waals surface area contributed by atoms with Crippen LogP contribution in [-0.2, 0) is 16.0 Å². The Morgan fingerprint density at radius 1 is 1.35 bits per heavy atom. The summed E-state index contributed by atoms with van der Waals surface area (Å²) < 4.78 is 13.3. The fraction of sp³-hybridized carbons (Fsp3) is 0.583. The Morgan fingerprint density at radius 2 is 1.94 bits per heavy atom. The highest BCUT2D eigenvalue weighted by atomic mass is 79.9. The van der Waals surface area contributed by atoms with Crippen LogP contribution in [0.5, 0.6) is 0 Å². The van der Waals surface area contributed by atoms with Crippen LogP contribution in [0.3, 0.4) is 0 Å². The number of halogens is 1. The summed E-state index contributed by atoms with van der Waals surface area (Å²) in [7, 11) is 0. The Hall–Kier alpha value is -0.650. The van der Waals surface area contributed by atoms with Crippen molar-refractivity contribution in [2.45, 2.75) is 33.6 Å². The predicted octanol–water partition coefficient (Wildman–Crippen LogP) is 2.32. The first kappa shape index (κ1) is 14.4. The van der Waals surface area contributed by atoms with E-state index in [0.29, 0.717) is 25.3 Å². The summed E-state index contributed by atoms with van der Waals surface area (Å²) in [5.74, 6) is 0. The van der Waals surface area contributed by atoms with Crippen LogP contribution in [0, 0.1) is 6.92 Å². The van der Waals surface area contributed by atoms with E-state index in [2.05, 4.69) is 15.9 Å². The SMILES string of the molecule is CCOC(Cn1cc(Br)cc(C)c1=O)OCC. The largest absolute Gasteiger partial charge is 0.351 e. The van der Waals surface area contributed by atoms with E-state index >= 15 is 0 Å². The Labute approximate surface area is 110 Å². The van der Waals surface area contributed by atoms with Crippen molar-refractivity contribution >= 4 is 15.9 Å². The van der Waals surface area contributed by atoms with Gasteiger partial charge in [0.2, 0.25) is 0 Å². The lowest BCUT2D eigenvalue weighted by Gasteiger charge is -2.18. The molecule has 17 heavy (non-hydrogen) atoms. The van der Waals surface area contributed by atoms with Crippen molar-refractivity contribution in [1.29, 1.82) is 0 Å². The van der Waals surface area contributed by atoms with E-state index < -0.39 is 0 Å². The molecule has 0 saturated carbocycles. The summed E-state index contributed by atoms with van der Waals surface area (Å²) >= 11 is 3.37. The monoisotopic (exact) mass is 303 g/mol. The standard InChI is InChI=1S/C12H18BrNO3/c1-4-16-11(17-5-2)8-14-7-10(13)6-9(3)12(14)15/h6-7,11H,4-5,8H2,1-3H3. The van der Waals surface area contributed by atoms with Crippen LogP contribution >= 0.6 is 15.9 Å². The molecule has 1 rings (SSSR count). The van der Waals surface area contributed by atoms with E-state index in [9.17, 15) is 4.79 Å². The molecule has 0 amide bonds. The number of nitrogens with zero attached hydrogens (tertiary/aromatic N) is 1. The van der Waals surface area contributed by atoms with Gasteiger partial charge in [-0.1, -0.05) is 0 Å². The van der Waals surface area contributed by atoms with E-state index in [0.717, 1.165) is 4.47 Å². The molecule has 0 aliphatic heterocycles. The zero-order valence-electron chi connectivity index (χ0n) is 10.4. The van der Waals surface area contributed by atoms with Gasteiger partial charge in [0.25, 0.3) is 5.56 Å². The summed E-state index contributed by atoms with van der Waals surface area (Å²) in [6.45, 7) is 7.13. The Morgan fingerprint density at radius 3 is 2.47 bits per heavy atom. The van der Waals surface area contributed by atoms with E-state index in [1.54, 1.807) is 23.8 Å². The van der Waals surface area contributed by atoms with Gasteiger partial charge in [-0.15, -0.1) is 0 Å². The molecule has 1 aromatic heterocycles. The fourth-order valence-electron chi connectivity index (χ4n) is 1.56. The first-order chi connectivity index (χ1) is 8.08. The second-order valence-corrected chi connectivity index (χ2v) is 4.55. The molecule has 0 fully saturated rings. The molecular weight excluding hydrogens is 286 g/mol. The number of aromatic nitrogens is 1. The summed E-state index contributed by atoms with van der Waals surface area (Å²) in [6.07, 6.45) is 1.37. The smallest absolute Gasteiger partial charge is 0.253 e. The number of hydrogen-bond donors (Lipinski definition) is 0. The van der Waals surface area contributed by atoms with Crippen LogP contribution in [-0.4, -0.2) is 24.1 Å². The molecule has 1 aromatic rings. The molecule has 0 spiro atoms. The third-order valence-electron chi connectivity index (χ3n) is 2.28. The highest BCUT2D eigenvalue weighted by Crippen LogP contribution is 2.09. The van der Waals surface area contributed by atoms with Crippen molar-refractivity contribution in [1.82, 2.24) is 4.57 Å². The molecule has 0 radical (unpaired) electrons. The van der Waals surface area contributed by atoms with Crippen LogP contribution in [0.15, 0.2) is 21.5 Å². The van der Waals surface area contributed by atoms with Gasteiger partial charge in [0, 0.05) is 29.4 Å². The van der Waals surface area contributed by atoms with Gasteiger partial charge in [-0.2, -0.15) is 0 Å². The molecule has 0 saturated heterocycles. The molecule has 5 heteroatoms. The lowest BCUT2D eigenvalue weighted by Crippen LogP contribution is -2.31. The lowest BCUT2D eigenvalue weighted by molar-refractivity contribution is -0.143. The molecule has 0 atom stereocenters. The Kier molecular flexibility index (Phi) is 5.88. The molecule has 4 nitrogen and oxygen atoms in total. The first-order valence-electron chi connectivity index (χ1n) is 5.68. The molecule has 0 N–H and O–H groups in total. The Balaban J connectivity index is 2.88. The van der Waals surface area contributed by atoms with Gasteiger partial charge in [-0.05, 0) is 42.8 Å². The number of pyridine rings is 1. The zero-order chi connectivity index (χ0) is 12.8. The number of aryl methyl sites for hydroxylation is 1. The van der Waals surface area contributed by atoms with Crippen LogP contribution < -0.4 is 5.56 Å². The van der Waals surface area contributed by atoms with Crippen molar-refractivity contribution in [2.75, 3.05) is 13.2 Å². The maximum absolute atomic E-state index is 11.9. The van der Waals surface area contributed by atoms with Crippen molar-refractivity contribution in [2.24, 2.45) is 0 Å². The van der Waals surface area contributed by atoms with Gasteiger partial charge < -0.3 is 14.0 Å². The highest BCUT2D eigenvalue weighted by molar-refractivity contribution is 9.10. The maximum atomic E-state index is 11.9. The summed E-state index contributed by atoms with van der Waals surface area (Å²) in [5, 5.41) is 0. The molecule has 0 aliphatic rings. The molecule has 96 valence electrons. The highest BCUT2D eigenvalue weighted by Gasteiger charge is 2.11.